The predicted molar refractivity (Wildman–Crippen MR) is 270 cm³/mol. The third kappa shape index (κ3) is 49.5. The van der Waals surface area contributed by atoms with Gasteiger partial charge in [0.1, 0.15) is 13.2 Å². The average Bonchev–Trinajstić information content (AvgIpc) is 3.28. The first-order valence-electron chi connectivity index (χ1n) is 26.1. The van der Waals surface area contributed by atoms with Gasteiger partial charge in [0.25, 0.3) is 0 Å². The number of hydrogen-bond donors (Lipinski definition) is 0. The molecule has 0 aliphatic carbocycles. The topological polar surface area (TPSA) is 78.9 Å². The molecular weight excluding hydrogens is 781 g/mol. The molecule has 0 spiro atoms. The first kappa shape index (κ1) is 59.6. The normalized spacial score (nSPS) is 12.7. The Kier molecular flexibility index (Phi) is 48.5. The zero-order valence-electron chi connectivity index (χ0n) is 41.1. The minimum absolute atomic E-state index is 0.103. The summed E-state index contributed by atoms with van der Waals surface area (Å²) < 4.78 is 16.8. The second kappa shape index (κ2) is 51.2. The third-order valence-electron chi connectivity index (χ3n) is 10.9. The standard InChI is InChI=1S/C57H96O6/c1-4-7-10-13-16-19-22-25-28-31-34-37-40-43-46-49-55(58)61-52-54(63-57(60)51-48-45-42-39-36-33-30-27-24-21-18-15-12-9-6-3)53-62-56(59)50-47-44-41-38-35-32-29-26-23-20-17-14-11-8-5-2/h9,12,16,18-19,21,25-30,36,39,54H,4-8,10-11,13-15,17,20,22-24,31-35,37-38,40-53H2,1-3H3/b12-9-,19-16-,21-18-,28-25-,29-26-,30-27-,39-36-/t54-/m1/s1. The molecule has 0 saturated heterocycles. The molecule has 0 bridgehead atoms. The van der Waals surface area contributed by atoms with Crippen LogP contribution in [-0.4, -0.2) is 37.2 Å². The van der Waals surface area contributed by atoms with E-state index in [9.17, 15) is 14.4 Å². The number of carbonyl (C=O) groups is 3. The Labute approximate surface area is 388 Å². The van der Waals surface area contributed by atoms with Crippen LogP contribution in [0.3, 0.4) is 0 Å². The summed E-state index contributed by atoms with van der Waals surface area (Å²) in [7, 11) is 0. The highest BCUT2D eigenvalue weighted by molar-refractivity contribution is 5.71. The Balaban J connectivity index is 4.49. The summed E-state index contributed by atoms with van der Waals surface area (Å²) >= 11 is 0. The highest BCUT2D eigenvalue weighted by atomic mass is 16.6. The fraction of sp³-hybridized carbons (Fsp3) is 0.702. The molecular formula is C57H96O6. The SMILES string of the molecule is CC/C=C\C/C=C\C/C=C\C/C=C\CCCCC(=O)O[C@H](COC(=O)CCCCCCC/C=C\C/C=C\CCCCC)COC(=O)CCCCCCC/C=C\CCCCCCCC. The number of hydrogen-bond acceptors (Lipinski definition) is 6. The van der Waals surface area contributed by atoms with E-state index < -0.39 is 6.10 Å². The highest BCUT2D eigenvalue weighted by Crippen LogP contribution is 2.13. The van der Waals surface area contributed by atoms with Crippen LogP contribution in [0.2, 0.25) is 0 Å². The van der Waals surface area contributed by atoms with Crippen LogP contribution in [0.4, 0.5) is 0 Å². The lowest BCUT2D eigenvalue weighted by atomic mass is 10.1. The summed E-state index contributed by atoms with van der Waals surface area (Å²) in [6, 6.07) is 0. The molecule has 63 heavy (non-hydrogen) atoms. The van der Waals surface area contributed by atoms with Gasteiger partial charge in [-0.2, -0.15) is 0 Å². The molecule has 0 aromatic heterocycles. The molecule has 0 amide bonds. The van der Waals surface area contributed by atoms with Crippen LogP contribution < -0.4 is 0 Å². The van der Waals surface area contributed by atoms with Crippen molar-refractivity contribution in [3.05, 3.63) is 85.1 Å². The van der Waals surface area contributed by atoms with Gasteiger partial charge >= 0.3 is 17.9 Å². The van der Waals surface area contributed by atoms with E-state index in [0.29, 0.717) is 19.3 Å². The van der Waals surface area contributed by atoms with Crippen molar-refractivity contribution in [3.63, 3.8) is 0 Å². The predicted octanol–water partition coefficient (Wildman–Crippen LogP) is 17.2. The molecule has 0 aliphatic heterocycles. The van der Waals surface area contributed by atoms with Crippen LogP contribution >= 0.6 is 0 Å². The molecule has 0 saturated carbocycles. The Bertz CT molecular complexity index is 1240. The second-order valence-corrected chi connectivity index (χ2v) is 17.0. The van der Waals surface area contributed by atoms with E-state index in [4.69, 9.17) is 14.2 Å². The second-order valence-electron chi connectivity index (χ2n) is 17.0. The third-order valence-corrected chi connectivity index (χ3v) is 10.9. The smallest absolute Gasteiger partial charge is 0.306 e. The Morgan fingerprint density at radius 1 is 0.333 bits per heavy atom. The largest absolute Gasteiger partial charge is 0.462 e. The molecule has 0 fully saturated rings. The van der Waals surface area contributed by atoms with Crippen LogP contribution in [0.25, 0.3) is 0 Å². The molecule has 0 rings (SSSR count). The maximum absolute atomic E-state index is 12.8. The van der Waals surface area contributed by atoms with Gasteiger partial charge in [-0.3, -0.25) is 14.4 Å². The van der Waals surface area contributed by atoms with E-state index in [1.54, 1.807) is 0 Å². The van der Waals surface area contributed by atoms with Crippen molar-refractivity contribution in [3.8, 4) is 0 Å². The van der Waals surface area contributed by atoms with Crippen LogP contribution in [0.15, 0.2) is 85.1 Å². The monoisotopic (exact) mass is 877 g/mol. The van der Waals surface area contributed by atoms with Crippen LogP contribution in [0, 0.1) is 0 Å². The summed E-state index contributed by atoms with van der Waals surface area (Å²) in [4.78, 5) is 38.0. The quantitative estimate of drug-likeness (QED) is 0.0262. The summed E-state index contributed by atoms with van der Waals surface area (Å²) in [5.74, 6) is -0.967. The summed E-state index contributed by atoms with van der Waals surface area (Å²) in [5.41, 5.74) is 0. The van der Waals surface area contributed by atoms with Crippen LogP contribution in [0.1, 0.15) is 239 Å². The molecule has 0 radical (unpaired) electrons. The van der Waals surface area contributed by atoms with Crippen molar-refractivity contribution < 1.29 is 28.6 Å². The van der Waals surface area contributed by atoms with Gasteiger partial charge in [0.15, 0.2) is 6.10 Å². The van der Waals surface area contributed by atoms with Gasteiger partial charge in [0.05, 0.1) is 0 Å². The lowest BCUT2D eigenvalue weighted by Crippen LogP contribution is -2.30. The van der Waals surface area contributed by atoms with Gasteiger partial charge in [-0.25, -0.2) is 0 Å². The Hall–Kier alpha value is -3.41. The number of allylic oxidation sites excluding steroid dienone is 14. The first-order chi connectivity index (χ1) is 31.0. The molecule has 0 N–H and O–H groups in total. The van der Waals surface area contributed by atoms with Crippen molar-refractivity contribution in [1.29, 1.82) is 0 Å². The van der Waals surface area contributed by atoms with Gasteiger partial charge in [-0.15, -0.1) is 0 Å². The molecule has 6 heteroatoms. The molecule has 0 aromatic rings. The summed E-state index contributed by atoms with van der Waals surface area (Å²) in [6.45, 7) is 6.43. The fourth-order valence-corrected chi connectivity index (χ4v) is 6.93. The minimum Gasteiger partial charge on any atom is -0.462 e. The number of carbonyl (C=O) groups excluding carboxylic acids is 3. The van der Waals surface area contributed by atoms with E-state index in [1.807, 2.05) is 0 Å². The van der Waals surface area contributed by atoms with Crippen LogP contribution in [0.5, 0.6) is 0 Å². The molecule has 0 aromatic carbocycles. The number of ether oxygens (including phenoxy) is 3. The van der Waals surface area contributed by atoms with E-state index in [0.717, 1.165) is 109 Å². The molecule has 1 atom stereocenters. The molecule has 0 heterocycles. The number of rotatable bonds is 46. The van der Waals surface area contributed by atoms with Gasteiger partial charge in [0.2, 0.25) is 0 Å². The fourth-order valence-electron chi connectivity index (χ4n) is 6.93. The summed E-state index contributed by atoms with van der Waals surface area (Å²) in [5, 5.41) is 0. The van der Waals surface area contributed by atoms with Gasteiger partial charge in [-0.05, 0) is 116 Å². The van der Waals surface area contributed by atoms with E-state index in [2.05, 4.69) is 106 Å². The Morgan fingerprint density at radius 2 is 0.619 bits per heavy atom. The zero-order valence-corrected chi connectivity index (χ0v) is 41.1. The first-order valence-corrected chi connectivity index (χ1v) is 26.1. The van der Waals surface area contributed by atoms with E-state index in [-0.39, 0.29) is 37.5 Å². The molecule has 0 unspecified atom stereocenters. The van der Waals surface area contributed by atoms with Gasteiger partial charge in [0, 0.05) is 19.3 Å². The van der Waals surface area contributed by atoms with Crippen molar-refractivity contribution in [2.45, 2.75) is 245 Å². The van der Waals surface area contributed by atoms with Crippen molar-refractivity contribution in [1.82, 2.24) is 0 Å². The number of unbranched alkanes of at least 4 members (excludes halogenated alkanes) is 21. The van der Waals surface area contributed by atoms with Gasteiger partial charge < -0.3 is 14.2 Å². The number of esters is 3. The Morgan fingerprint density at radius 3 is 1.05 bits per heavy atom. The van der Waals surface area contributed by atoms with Crippen LogP contribution in [-0.2, 0) is 28.6 Å². The molecule has 6 nitrogen and oxygen atoms in total. The van der Waals surface area contributed by atoms with Gasteiger partial charge in [-0.1, -0.05) is 189 Å². The highest BCUT2D eigenvalue weighted by Gasteiger charge is 2.19. The van der Waals surface area contributed by atoms with E-state index >= 15 is 0 Å². The average molecular weight is 877 g/mol. The zero-order chi connectivity index (χ0) is 45.8. The maximum atomic E-state index is 12.8. The van der Waals surface area contributed by atoms with E-state index in [1.165, 1.54) is 83.5 Å². The molecule has 0 aliphatic rings. The minimum atomic E-state index is -0.807. The summed E-state index contributed by atoms with van der Waals surface area (Å²) in [6.07, 6.45) is 65.6. The maximum Gasteiger partial charge on any atom is 0.306 e. The van der Waals surface area contributed by atoms with Crippen molar-refractivity contribution >= 4 is 17.9 Å². The van der Waals surface area contributed by atoms with Crippen molar-refractivity contribution in [2.75, 3.05) is 13.2 Å². The van der Waals surface area contributed by atoms with Crippen molar-refractivity contribution in [2.24, 2.45) is 0 Å². The molecule has 360 valence electrons. The lowest BCUT2D eigenvalue weighted by Gasteiger charge is -2.18. The lowest BCUT2D eigenvalue weighted by molar-refractivity contribution is -0.167.